The van der Waals surface area contributed by atoms with Gasteiger partial charge in [0.1, 0.15) is 5.82 Å². The van der Waals surface area contributed by atoms with E-state index in [-0.39, 0.29) is 11.9 Å². The molecular weight excluding hydrogens is 331 g/mol. The first-order valence-corrected chi connectivity index (χ1v) is 7.00. The highest BCUT2D eigenvalue weighted by Gasteiger charge is 2.16. The molecule has 1 aromatic heterocycles. The first kappa shape index (κ1) is 14.4. The van der Waals surface area contributed by atoms with E-state index in [0.717, 1.165) is 10.2 Å². The molecule has 1 N–H and O–H groups in total. The molecule has 0 aliphatic carbocycles. The fourth-order valence-corrected chi connectivity index (χ4v) is 2.35. The second-order valence-electron chi connectivity index (χ2n) is 4.15. The summed E-state index contributed by atoms with van der Waals surface area (Å²) >= 11 is 9.39. The maximum atomic E-state index is 13.8. The first-order chi connectivity index (χ1) is 9.11. The Morgan fingerprint density at radius 1 is 1.37 bits per heavy atom. The van der Waals surface area contributed by atoms with E-state index < -0.39 is 0 Å². The van der Waals surface area contributed by atoms with Crippen molar-refractivity contribution in [3.63, 3.8) is 0 Å². The maximum Gasteiger partial charge on any atom is 0.127 e. The minimum Gasteiger partial charge on any atom is -0.311 e. The average molecular weight is 344 g/mol. The molecule has 0 radical (unpaired) electrons. The van der Waals surface area contributed by atoms with Crippen LogP contribution in [0, 0.1) is 5.82 Å². The second-order valence-corrected chi connectivity index (χ2v) is 5.47. The lowest BCUT2D eigenvalue weighted by Gasteiger charge is -2.17. The van der Waals surface area contributed by atoms with Crippen molar-refractivity contribution in [1.82, 2.24) is 10.3 Å². The number of nitrogens with zero attached hydrogens (tertiary/aromatic N) is 1. The van der Waals surface area contributed by atoms with E-state index in [0.29, 0.717) is 17.0 Å². The van der Waals surface area contributed by atoms with Gasteiger partial charge >= 0.3 is 0 Å². The summed E-state index contributed by atoms with van der Waals surface area (Å²) in [6.07, 6.45) is 2.18. The van der Waals surface area contributed by atoms with Crippen LogP contribution in [0.25, 0.3) is 0 Å². The Hall–Kier alpha value is -0.970. The van der Waals surface area contributed by atoms with Gasteiger partial charge in [0.15, 0.2) is 0 Å². The molecule has 2 aromatic rings. The molecule has 0 saturated heterocycles. The largest absolute Gasteiger partial charge is 0.311 e. The molecule has 5 heteroatoms. The van der Waals surface area contributed by atoms with Crippen LogP contribution in [-0.4, -0.2) is 12.0 Å². The van der Waals surface area contributed by atoms with Gasteiger partial charge in [-0.1, -0.05) is 17.7 Å². The molecular formula is C14H13BrClFN2. The summed E-state index contributed by atoms with van der Waals surface area (Å²) in [4.78, 5) is 4.33. The monoisotopic (exact) mass is 342 g/mol. The molecule has 1 unspecified atom stereocenters. The third-order valence-corrected chi connectivity index (χ3v) is 3.75. The van der Waals surface area contributed by atoms with Gasteiger partial charge in [0.25, 0.3) is 0 Å². The molecule has 1 atom stereocenters. The molecule has 0 saturated carbocycles. The summed E-state index contributed by atoms with van der Waals surface area (Å²) in [5, 5.41) is 3.58. The number of aromatic nitrogens is 1. The molecule has 0 spiro atoms. The Bertz CT molecular complexity index is 540. The lowest BCUT2D eigenvalue weighted by Crippen LogP contribution is -2.20. The average Bonchev–Trinajstić information content (AvgIpc) is 2.40. The SMILES string of the molecule is CNC(Cc1c(F)cccc1Cl)c1ccc(Br)cn1. The Morgan fingerprint density at radius 3 is 2.74 bits per heavy atom. The molecule has 0 aliphatic rings. The van der Waals surface area contributed by atoms with Crippen LogP contribution in [0.5, 0.6) is 0 Å². The van der Waals surface area contributed by atoms with E-state index in [1.165, 1.54) is 6.07 Å². The van der Waals surface area contributed by atoms with Crippen molar-refractivity contribution in [2.75, 3.05) is 7.05 Å². The van der Waals surface area contributed by atoms with E-state index in [1.807, 2.05) is 19.2 Å². The van der Waals surface area contributed by atoms with Gasteiger partial charge in [-0.05, 0) is 53.7 Å². The predicted molar refractivity (Wildman–Crippen MR) is 78.9 cm³/mol. The standard InChI is InChI=1S/C14H13BrClFN2/c1-18-14(13-6-5-9(15)8-19-13)7-10-11(16)3-2-4-12(10)17/h2-6,8,14,18H,7H2,1H3. The van der Waals surface area contributed by atoms with Crippen LogP contribution in [0.3, 0.4) is 0 Å². The molecule has 19 heavy (non-hydrogen) atoms. The van der Waals surface area contributed by atoms with Crippen LogP contribution in [0.1, 0.15) is 17.3 Å². The topological polar surface area (TPSA) is 24.9 Å². The summed E-state index contributed by atoms with van der Waals surface area (Å²) in [6.45, 7) is 0. The van der Waals surface area contributed by atoms with Crippen LogP contribution in [-0.2, 0) is 6.42 Å². The second kappa shape index (κ2) is 6.46. The third-order valence-electron chi connectivity index (χ3n) is 2.93. The normalized spacial score (nSPS) is 12.4. The summed E-state index contributed by atoms with van der Waals surface area (Å²) in [5.74, 6) is -0.287. The number of benzene rings is 1. The van der Waals surface area contributed by atoms with Gasteiger partial charge in [-0.3, -0.25) is 4.98 Å². The first-order valence-electron chi connectivity index (χ1n) is 5.83. The molecule has 0 amide bonds. The molecule has 1 heterocycles. The fraction of sp³-hybridized carbons (Fsp3) is 0.214. The van der Waals surface area contributed by atoms with E-state index in [4.69, 9.17) is 11.6 Å². The summed E-state index contributed by atoms with van der Waals surface area (Å²) < 4.78 is 14.7. The van der Waals surface area contributed by atoms with Crippen molar-refractivity contribution < 1.29 is 4.39 Å². The summed E-state index contributed by atoms with van der Waals surface area (Å²) in [5.41, 5.74) is 1.36. The highest BCUT2D eigenvalue weighted by atomic mass is 79.9. The number of pyridine rings is 1. The molecule has 0 fully saturated rings. The van der Waals surface area contributed by atoms with Crippen molar-refractivity contribution in [1.29, 1.82) is 0 Å². The summed E-state index contributed by atoms with van der Waals surface area (Å²) in [6, 6.07) is 8.45. The van der Waals surface area contributed by atoms with Crippen molar-refractivity contribution in [3.8, 4) is 0 Å². The van der Waals surface area contributed by atoms with E-state index in [1.54, 1.807) is 18.3 Å². The number of halogens is 3. The summed E-state index contributed by atoms with van der Waals surface area (Å²) in [7, 11) is 1.82. The van der Waals surface area contributed by atoms with Gasteiger partial charge in [-0.25, -0.2) is 4.39 Å². The number of likely N-dealkylation sites (N-methyl/N-ethyl adjacent to an activating group) is 1. The van der Waals surface area contributed by atoms with Crippen LogP contribution < -0.4 is 5.32 Å². The Balaban J connectivity index is 2.26. The van der Waals surface area contributed by atoms with Crippen LogP contribution in [0.2, 0.25) is 5.02 Å². The fourth-order valence-electron chi connectivity index (χ4n) is 1.88. The molecule has 0 aliphatic heterocycles. The van der Waals surface area contributed by atoms with Crippen molar-refractivity contribution in [3.05, 3.63) is 63.1 Å². The van der Waals surface area contributed by atoms with Crippen molar-refractivity contribution >= 4 is 27.5 Å². The smallest absolute Gasteiger partial charge is 0.127 e. The van der Waals surface area contributed by atoms with Gasteiger partial charge in [0.05, 0.1) is 11.7 Å². The van der Waals surface area contributed by atoms with Gasteiger partial charge < -0.3 is 5.32 Å². The van der Waals surface area contributed by atoms with Crippen molar-refractivity contribution in [2.24, 2.45) is 0 Å². The molecule has 100 valence electrons. The quantitative estimate of drug-likeness (QED) is 0.902. The number of hydrogen-bond donors (Lipinski definition) is 1. The zero-order chi connectivity index (χ0) is 13.8. The number of nitrogens with one attached hydrogen (secondary N) is 1. The van der Waals surface area contributed by atoms with Crippen LogP contribution >= 0.6 is 27.5 Å². The third kappa shape index (κ3) is 3.53. The number of hydrogen-bond acceptors (Lipinski definition) is 2. The highest BCUT2D eigenvalue weighted by Crippen LogP contribution is 2.25. The minimum absolute atomic E-state index is 0.0810. The number of rotatable bonds is 4. The lowest BCUT2D eigenvalue weighted by molar-refractivity contribution is 0.545. The Labute approximate surface area is 125 Å². The van der Waals surface area contributed by atoms with E-state index in [2.05, 4.69) is 26.2 Å². The zero-order valence-corrected chi connectivity index (χ0v) is 12.7. The van der Waals surface area contributed by atoms with Crippen LogP contribution in [0.4, 0.5) is 4.39 Å². The van der Waals surface area contributed by atoms with Crippen LogP contribution in [0.15, 0.2) is 41.0 Å². The van der Waals surface area contributed by atoms with Gasteiger partial charge in [-0.2, -0.15) is 0 Å². The van der Waals surface area contributed by atoms with Gasteiger partial charge in [-0.15, -0.1) is 0 Å². The zero-order valence-electron chi connectivity index (χ0n) is 10.3. The molecule has 0 bridgehead atoms. The van der Waals surface area contributed by atoms with E-state index >= 15 is 0 Å². The molecule has 1 aromatic carbocycles. The predicted octanol–water partition coefficient (Wildman–Crippen LogP) is 4.14. The maximum absolute atomic E-state index is 13.8. The molecule has 2 nitrogen and oxygen atoms in total. The Morgan fingerprint density at radius 2 is 2.16 bits per heavy atom. The van der Waals surface area contributed by atoms with E-state index in [9.17, 15) is 4.39 Å². The Kier molecular flexibility index (Phi) is 4.91. The minimum atomic E-state index is -0.287. The van der Waals surface area contributed by atoms with Crippen molar-refractivity contribution in [2.45, 2.75) is 12.5 Å². The van der Waals surface area contributed by atoms with Gasteiger partial charge in [0.2, 0.25) is 0 Å². The highest BCUT2D eigenvalue weighted by molar-refractivity contribution is 9.10. The lowest BCUT2D eigenvalue weighted by atomic mass is 10.0. The van der Waals surface area contributed by atoms with Gasteiger partial charge in [0, 0.05) is 21.3 Å². The molecule has 2 rings (SSSR count).